The Morgan fingerprint density at radius 2 is 2.03 bits per heavy atom. The normalized spacial score (nSPS) is 13.3. The molecular formula is C20H21N5O5. The lowest BCUT2D eigenvalue weighted by molar-refractivity contribution is -0.137. The Morgan fingerprint density at radius 1 is 1.23 bits per heavy atom. The van der Waals surface area contributed by atoms with Crippen molar-refractivity contribution in [2.24, 2.45) is 5.73 Å². The number of pyridine rings is 1. The number of carboxylic acid groups (broad SMARTS) is 1. The van der Waals surface area contributed by atoms with Crippen LogP contribution in [0, 0.1) is 0 Å². The van der Waals surface area contributed by atoms with E-state index < -0.39 is 36.3 Å². The molecule has 1 aromatic heterocycles. The van der Waals surface area contributed by atoms with Gasteiger partial charge in [-0.05, 0) is 35.7 Å². The zero-order valence-electron chi connectivity index (χ0n) is 16.0. The molecule has 2 heterocycles. The Morgan fingerprint density at radius 3 is 2.70 bits per heavy atom. The summed E-state index contributed by atoms with van der Waals surface area (Å²) in [7, 11) is 0. The molecule has 0 spiro atoms. The number of nitrogens with zero attached hydrogens (tertiary/aromatic N) is 2. The second kappa shape index (κ2) is 9.03. The number of primary amides is 1. The van der Waals surface area contributed by atoms with Gasteiger partial charge in [-0.15, -0.1) is 0 Å². The predicted octanol–water partition coefficient (Wildman–Crippen LogP) is 1.18. The van der Waals surface area contributed by atoms with Crippen LogP contribution in [0.15, 0.2) is 42.7 Å². The van der Waals surface area contributed by atoms with Gasteiger partial charge in [-0.25, -0.2) is 4.79 Å². The molecule has 0 aliphatic carbocycles. The minimum absolute atomic E-state index is 0.333. The lowest BCUT2D eigenvalue weighted by Crippen LogP contribution is -2.36. The molecule has 1 aromatic carbocycles. The van der Waals surface area contributed by atoms with Crippen molar-refractivity contribution < 1.29 is 24.3 Å². The molecule has 3 rings (SSSR count). The zero-order valence-corrected chi connectivity index (χ0v) is 16.0. The Balaban J connectivity index is 1.68. The molecule has 0 saturated carbocycles. The summed E-state index contributed by atoms with van der Waals surface area (Å²) < 4.78 is 0. The maximum Gasteiger partial charge on any atom is 0.316 e. The highest BCUT2D eigenvalue weighted by molar-refractivity contribution is 6.06. The number of benzene rings is 1. The number of amides is 4. The Hall–Kier alpha value is -3.95. The van der Waals surface area contributed by atoms with Crippen LogP contribution in [0.3, 0.4) is 0 Å². The molecular weight excluding hydrogens is 390 g/mol. The molecule has 30 heavy (non-hydrogen) atoms. The van der Waals surface area contributed by atoms with E-state index in [0.29, 0.717) is 29.9 Å². The summed E-state index contributed by atoms with van der Waals surface area (Å²) >= 11 is 0. The number of aliphatic carboxylic acids is 1. The Kier molecular flexibility index (Phi) is 6.26. The van der Waals surface area contributed by atoms with E-state index >= 15 is 0 Å². The third kappa shape index (κ3) is 5.10. The van der Waals surface area contributed by atoms with E-state index in [4.69, 9.17) is 10.8 Å². The van der Waals surface area contributed by atoms with Gasteiger partial charge in [0, 0.05) is 30.3 Å². The third-order valence-corrected chi connectivity index (χ3v) is 4.66. The SMILES string of the molecule is NC(=O)Nc1ccc2c(c1)N(C(=O)CC(=O)NC(CC(=O)O)c1cccnc1)CC2. The molecule has 10 heteroatoms. The number of nitrogens with one attached hydrogen (secondary N) is 2. The third-order valence-electron chi connectivity index (χ3n) is 4.66. The average molecular weight is 411 g/mol. The van der Waals surface area contributed by atoms with E-state index in [1.165, 1.54) is 11.1 Å². The summed E-state index contributed by atoms with van der Waals surface area (Å²) in [6.07, 6.45) is 2.86. The minimum Gasteiger partial charge on any atom is -0.481 e. The second-order valence-electron chi connectivity index (χ2n) is 6.81. The topological polar surface area (TPSA) is 155 Å². The molecule has 1 aliphatic rings. The van der Waals surface area contributed by atoms with Crippen LogP contribution >= 0.6 is 0 Å². The number of hydrogen-bond donors (Lipinski definition) is 4. The van der Waals surface area contributed by atoms with Crippen molar-refractivity contribution in [1.29, 1.82) is 0 Å². The molecule has 2 aromatic rings. The minimum atomic E-state index is -1.08. The number of aromatic nitrogens is 1. The first-order chi connectivity index (χ1) is 14.3. The predicted molar refractivity (Wildman–Crippen MR) is 108 cm³/mol. The van der Waals surface area contributed by atoms with Gasteiger partial charge in [0.05, 0.1) is 12.5 Å². The monoisotopic (exact) mass is 411 g/mol. The fourth-order valence-corrected chi connectivity index (χ4v) is 3.35. The van der Waals surface area contributed by atoms with Crippen LogP contribution in [0.1, 0.15) is 30.0 Å². The van der Waals surface area contributed by atoms with Crippen molar-refractivity contribution in [2.45, 2.75) is 25.3 Å². The fraction of sp³-hybridized carbons (Fsp3) is 0.250. The molecule has 0 saturated heterocycles. The van der Waals surface area contributed by atoms with Gasteiger partial charge in [-0.1, -0.05) is 12.1 Å². The van der Waals surface area contributed by atoms with E-state index in [1.807, 2.05) is 0 Å². The van der Waals surface area contributed by atoms with Crippen LogP contribution in [-0.2, 0) is 20.8 Å². The van der Waals surface area contributed by atoms with Gasteiger partial charge in [-0.3, -0.25) is 19.4 Å². The number of nitrogens with two attached hydrogens (primary N) is 1. The van der Waals surface area contributed by atoms with E-state index in [1.54, 1.807) is 36.5 Å². The molecule has 0 fully saturated rings. The van der Waals surface area contributed by atoms with Gasteiger partial charge in [-0.2, -0.15) is 0 Å². The summed E-state index contributed by atoms with van der Waals surface area (Å²) in [5.41, 5.74) is 7.63. The van der Waals surface area contributed by atoms with Crippen molar-refractivity contribution >= 4 is 35.2 Å². The highest BCUT2D eigenvalue weighted by atomic mass is 16.4. The molecule has 1 aliphatic heterocycles. The quantitative estimate of drug-likeness (QED) is 0.502. The van der Waals surface area contributed by atoms with Gasteiger partial charge in [0.2, 0.25) is 11.8 Å². The summed E-state index contributed by atoms with van der Waals surface area (Å²) in [6.45, 7) is 0.405. The van der Waals surface area contributed by atoms with Gasteiger partial charge < -0.3 is 26.4 Å². The van der Waals surface area contributed by atoms with Gasteiger partial charge in [0.25, 0.3) is 0 Å². The zero-order chi connectivity index (χ0) is 21.7. The molecule has 1 atom stereocenters. The standard InChI is InChI=1S/C20H21N5O5/c21-20(30)23-14-4-3-12-5-7-25(16(12)8-14)18(27)10-17(26)24-15(9-19(28)29)13-2-1-6-22-11-13/h1-4,6,8,11,15H,5,7,9-10H2,(H,24,26)(H,28,29)(H3,21,23,30). The largest absolute Gasteiger partial charge is 0.481 e. The average Bonchev–Trinajstić information content (AvgIpc) is 3.10. The Bertz CT molecular complexity index is 979. The van der Waals surface area contributed by atoms with Gasteiger partial charge in [0.15, 0.2) is 0 Å². The highest BCUT2D eigenvalue weighted by Crippen LogP contribution is 2.31. The maximum absolute atomic E-state index is 12.7. The van der Waals surface area contributed by atoms with Crippen LogP contribution in [0.2, 0.25) is 0 Å². The smallest absolute Gasteiger partial charge is 0.316 e. The molecule has 5 N–H and O–H groups in total. The van der Waals surface area contributed by atoms with Crippen molar-refractivity contribution in [2.75, 3.05) is 16.8 Å². The van der Waals surface area contributed by atoms with Gasteiger partial charge in [0.1, 0.15) is 6.42 Å². The van der Waals surface area contributed by atoms with Gasteiger partial charge >= 0.3 is 12.0 Å². The molecule has 10 nitrogen and oxygen atoms in total. The van der Waals surface area contributed by atoms with E-state index in [2.05, 4.69) is 15.6 Å². The molecule has 156 valence electrons. The van der Waals surface area contributed by atoms with E-state index in [0.717, 1.165) is 5.56 Å². The molecule has 0 radical (unpaired) electrons. The Labute approximate surface area is 172 Å². The highest BCUT2D eigenvalue weighted by Gasteiger charge is 2.27. The number of fused-ring (bicyclic) bond motifs is 1. The molecule has 1 unspecified atom stereocenters. The summed E-state index contributed by atoms with van der Waals surface area (Å²) in [5.74, 6) is -2.10. The van der Waals surface area contributed by atoms with Crippen molar-refractivity contribution in [3.05, 3.63) is 53.9 Å². The first kappa shape index (κ1) is 20.8. The van der Waals surface area contributed by atoms with Crippen LogP contribution in [-0.4, -0.2) is 40.5 Å². The lowest BCUT2D eigenvalue weighted by atomic mass is 10.1. The van der Waals surface area contributed by atoms with Crippen LogP contribution in [0.4, 0.5) is 16.2 Å². The lowest BCUT2D eigenvalue weighted by Gasteiger charge is -2.20. The van der Waals surface area contributed by atoms with Crippen LogP contribution < -0.4 is 21.3 Å². The number of anilines is 2. The van der Waals surface area contributed by atoms with E-state index in [-0.39, 0.29) is 6.42 Å². The molecule has 0 bridgehead atoms. The fourth-order valence-electron chi connectivity index (χ4n) is 3.35. The number of urea groups is 1. The van der Waals surface area contributed by atoms with E-state index in [9.17, 15) is 19.2 Å². The van der Waals surface area contributed by atoms with Crippen LogP contribution in [0.25, 0.3) is 0 Å². The second-order valence-corrected chi connectivity index (χ2v) is 6.81. The first-order valence-electron chi connectivity index (χ1n) is 9.24. The number of carboxylic acids is 1. The number of carbonyl (C=O) groups is 4. The summed E-state index contributed by atoms with van der Waals surface area (Å²) in [6, 6.07) is 6.89. The van der Waals surface area contributed by atoms with Crippen molar-refractivity contribution in [1.82, 2.24) is 10.3 Å². The summed E-state index contributed by atoms with van der Waals surface area (Å²) in [5, 5.41) is 14.2. The first-order valence-corrected chi connectivity index (χ1v) is 9.24. The molecule has 4 amide bonds. The van der Waals surface area contributed by atoms with Crippen molar-refractivity contribution in [3.63, 3.8) is 0 Å². The number of rotatable bonds is 7. The van der Waals surface area contributed by atoms with Crippen LogP contribution in [0.5, 0.6) is 0 Å². The van der Waals surface area contributed by atoms with Crippen molar-refractivity contribution in [3.8, 4) is 0 Å². The maximum atomic E-state index is 12.7. The summed E-state index contributed by atoms with van der Waals surface area (Å²) in [4.78, 5) is 52.8. The number of carbonyl (C=O) groups excluding carboxylic acids is 3. The number of hydrogen-bond acceptors (Lipinski definition) is 5.